The van der Waals surface area contributed by atoms with Gasteiger partial charge < -0.3 is 4.90 Å². The number of carbonyl (C=O) groups is 1. The molecule has 0 saturated carbocycles. The van der Waals surface area contributed by atoms with Crippen LogP contribution in [0.5, 0.6) is 0 Å². The Balaban J connectivity index is 2.02. The monoisotopic (exact) mass is 364 g/mol. The Morgan fingerprint density at radius 2 is 1.42 bits per heavy atom. The summed E-state index contributed by atoms with van der Waals surface area (Å²) in [6, 6.07) is 19.8. The molecule has 1 unspecified atom stereocenters. The molecule has 6 heteroatoms. The third-order valence-electron chi connectivity index (χ3n) is 3.83. The van der Waals surface area contributed by atoms with Gasteiger partial charge in [-0.1, -0.05) is 72.4 Å². The number of thioether (sulfide) groups is 1. The van der Waals surface area contributed by atoms with Crippen LogP contribution in [-0.2, 0) is 4.79 Å². The van der Waals surface area contributed by atoms with Gasteiger partial charge in [-0.05, 0) is 6.92 Å². The summed E-state index contributed by atoms with van der Waals surface area (Å²) in [4.78, 5) is 18.4. The van der Waals surface area contributed by atoms with Gasteiger partial charge in [-0.2, -0.15) is 0 Å². The molecule has 5 nitrogen and oxygen atoms in total. The molecule has 26 heavy (non-hydrogen) atoms. The molecular weight excluding hydrogens is 344 g/mol. The van der Waals surface area contributed by atoms with Crippen molar-refractivity contribution in [2.75, 3.05) is 14.1 Å². The zero-order valence-corrected chi connectivity index (χ0v) is 15.8. The van der Waals surface area contributed by atoms with Crippen LogP contribution in [-0.4, -0.2) is 45.3 Å². The van der Waals surface area contributed by atoms with E-state index in [1.54, 1.807) is 19.0 Å². The first kappa shape index (κ1) is 18.1. The molecule has 0 fully saturated rings. The Hall–Kier alpha value is -2.73. The number of aromatic nitrogens is 3. The molecular formula is C20H20N4OS. The summed E-state index contributed by atoms with van der Waals surface area (Å²) in [7, 11) is 3.48. The van der Waals surface area contributed by atoms with Gasteiger partial charge in [0.25, 0.3) is 0 Å². The van der Waals surface area contributed by atoms with E-state index in [9.17, 15) is 4.79 Å². The molecule has 1 heterocycles. The Kier molecular flexibility index (Phi) is 5.63. The summed E-state index contributed by atoms with van der Waals surface area (Å²) >= 11 is 1.32. The number of benzene rings is 2. The number of rotatable bonds is 5. The summed E-state index contributed by atoms with van der Waals surface area (Å²) in [5, 5.41) is 8.89. The number of nitrogens with zero attached hydrogens (tertiary/aromatic N) is 4. The Bertz CT molecular complexity index is 885. The van der Waals surface area contributed by atoms with Gasteiger partial charge in [-0.25, -0.2) is 4.98 Å². The minimum atomic E-state index is -0.280. The molecule has 1 aromatic heterocycles. The highest BCUT2D eigenvalue weighted by Crippen LogP contribution is 2.30. The SMILES string of the molecule is CC(Sc1nnc(-c2ccccc2)c(-c2ccccc2)n1)C(=O)N(C)C. The van der Waals surface area contributed by atoms with Crippen molar-refractivity contribution in [1.29, 1.82) is 0 Å². The van der Waals surface area contributed by atoms with Gasteiger partial charge in [0.2, 0.25) is 11.1 Å². The molecule has 0 aliphatic rings. The minimum Gasteiger partial charge on any atom is -0.348 e. The van der Waals surface area contributed by atoms with E-state index in [-0.39, 0.29) is 11.2 Å². The fourth-order valence-electron chi connectivity index (χ4n) is 2.52. The van der Waals surface area contributed by atoms with Gasteiger partial charge in [0.05, 0.1) is 5.25 Å². The lowest BCUT2D eigenvalue weighted by Crippen LogP contribution is -2.29. The van der Waals surface area contributed by atoms with Crippen LogP contribution in [0.3, 0.4) is 0 Å². The van der Waals surface area contributed by atoms with Crippen molar-refractivity contribution in [3.63, 3.8) is 0 Å². The molecule has 0 aliphatic heterocycles. The van der Waals surface area contributed by atoms with Crippen LogP contribution in [0, 0.1) is 0 Å². The highest BCUT2D eigenvalue weighted by atomic mass is 32.2. The normalized spacial score (nSPS) is 11.8. The van der Waals surface area contributed by atoms with E-state index < -0.39 is 0 Å². The standard InChI is InChI=1S/C20H20N4OS/c1-14(19(25)24(2)3)26-20-21-17(15-10-6-4-7-11-15)18(22-23-20)16-12-8-5-9-13-16/h4-14H,1-3H3. The molecule has 0 spiro atoms. The lowest BCUT2D eigenvalue weighted by Gasteiger charge is -2.16. The molecule has 0 aliphatic carbocycles. The largest absolute Gasteiger partial charge is 0.348 e. The fourth-order valence-corrected chi connectivity index (χ4v) is 3.38. The summed E-state index contributed by atoms with van der Waals surface area (Å²) in [5.41, 5.74) is 3.42. The first-order chi connectivity index (χ1) is 12.6. The van der Waals surface area contributed by atoms with Gasteiger partial charge in [0, 0.05) is 25.2 Å². The van der Waals surface area contributed by atoms with Crippen molar-refractivity contribution in [3.05, 3.63) is 60.7 Å². The second-order valence-electron chi connectivity index (χ2n) is 6.02. The lowest BCUT2D eigenvalue weighted by molar-refractivity contribution is -0.127. The predicted molar refractivity (Wildman–Crippen MR) is 105 cm³/mol. The Morgan fingerprint density at radius 3 is 1.96 bits per heavy atom. The first-order valence-electron chi connectivity index (χ1n) is 8.29. The average molecular weight is 364 g/mol. The van der Waals surface area contributed by atoms with E-state index in [1.165, 1.54) is 11.8 Å². The molecule has 2 aromatic carbocycles. The van der Waals surface area contributed by atoms with Crippen LogP contribution in [0.15, 0.2) is 65.8 Å². The molecule has 1 atom stereocenters. The van der Waals surface area contributed by atoms with E-state index in [2.05, 4.69) is 10.2 Å². The number of carbonyl (C=O) groups excluding carboxylic acids is 1. The van der Waals surface area contributed by atoms with Crippen molar-refractivity contribution >= 4 is 17.7 Å². The van der Waals surface area contributed by atoms with Crippen molar-refractivity contribution in [2.24, 2.45) is 0 Å². The lowest BCUT2D eigenvalue weighted by atomic mass is 10.0. The molecule has 3 aromatic rings. The maximum Gasteiger partial charge on any atom is 0.235 e. The van der Waals surface area contributed by atoms with Gasteiger partial charge in [-0.15, -0.1) is 10.2 Å². The smallest absolute Gasteiger partial charge is 0.235 e. The van der Waals surface area contributed by atoms with Gasteiger partial charge >= 0.3 is 0 Å². The first-order valence-corrected chi connectivity index (χ1v) is 9.17. The number of hydrogen-bond donors (Lipinski definition) is 0. The zero-order valence-electron chi connectivity index (χ0n) is 15.0. The molecule has 0 N–H and O–H groups in total. The predicted octanol–water partition coefficient (Wildman–Crippen LogP) is 3.77. The summed E-state index contributed by atoms with van der Waals surface area (Å²) in [6.45, 7) is 1.85. The molecule has 0 radical (unpaired) electrons. The van der Waals surface area contributed by atoms with Crippen molar-refractivity contribution < 1.29 is 4.79 Å². The summed E-state index contributed by atoms with van der Waals surface area (Å²) in [6.07, 6.45) is 0. The second kappa shape index (κ2) is 8.10. The van der Waals surface area contributed by atoms with Crippen molar-refractivity contribution in [2.45, 2.75) is 17.3 Å². The fraction of sp³-hybridized carbons (Fsp3) is 0.200. The van der Waals surface area contributed by atoms with Crippen LogP contribution < -0.4 is 0 Å². The quantitative estimate of drug-likeness (QED) is 0.645. The third kappa shape index (κ3) is 4.08. The second-order valence-corrected chi connectivity index (χ2v) is 7.32. The topological polar surface area (TPSA) is 59.0 Å². The van der Waals surface area contributed by atoms with E-state index in [0.717, 1.165) is 22.5 Å². The molecule has 3 rings (SSSR count). The maximum atomic E-state index is 12.1. The molecule has 0 bridgehead atoms. The zero-order chi connectivity index (χ0) is 18.5. The van der Waals surface area contributed by atoms with E-state index in [4.69, 9.17) is 4.98 Å². The Morgan fingerprint density at radius 1 is 0.885 bits per heavy atom. The number of hydrogen-bond acceptors (Lipinski definition) is 5. The molecule has 0 saturated heterocycles. The van der Waals surface area contributed by atoms with Gasteiger partial charge in [-0.3, -0.25) is 4.79 Å². The van der Waals surface area contributed by atoms with Crippen LogP contribution in [0.4, 0.5) is 0 Å². The van der Waals surface area contributed by atoms with E-state index >= 15 is 0 Å². The maximum absolute atomic E-state index is 12.1. The van der Waals surface area contributed by atoms with Crippen LogP contribution in [0.1, 0.15) is 6.92 Å². The summed E-state index contributed by atoms with van der Waals surface area (Å²) < 4.78 is 0. The third-order valence-corrected chi connectivity index (χ3v) is 4.77. The van der Waals surface area contributed by atoms with Crippen LogP contribution >= 0.6 is 11.8 Å². The van der Waals surface area contributed by atoms with E-state index in [0.29, 0.717) is 5.16 Å². The van der Waals surface area contributed by atoms with Gasteiger partial charge in [0.1, 0.15) is 11.4 Å². The molecule has 132 valence electrons. The van der Waals surface area contributed by atoms with Crippen LogP contribution in [0.2, 0.25) is 0 Å². The van der Waals surface area contributed by atoms with Crippen LogP contribution in [0.25, 0.3) is 22.5 Å². The van der Waals surface area contributed by atoms with Crippen molar-refractivity contribution in [3.8, 4) is 22.5 Å². The highest BCUT2D eigenvalue weighted by molar-refractivity contribution is 8.00. The number of amides is 1. The minimum absolute atomic E-state index is 0.0204. The van der Waals surface area contributed by atoms with E-state index in [1.807, 2.05) is 67.6 Å². The van der Waals surface area contributed by atoms with Crippen molar-refractivity contribution in [1.82, 2.24) is 20.1 Å². The van der Waals surface area contributed by atoms with Gasteiger partial charge in [0.15, 0.2) is 0 Å². The summed E-state index contributed by atoms with van der Waals surface area (Å²) in [5.74, 6) is 0.0204. The average Bonchev–Trinajstić information content (AvgIpc) is 2.68. The highest BCUT2D eigenvalue weighted by Gasteiger charge is 2.20. The Labute approximate surface area is 157 Å². The molecule has 1 amide bonds.